The summed E-state index contributed by atoms with van der Waals surface area (Å²) in [5.41, 5.74) is 4.44. The van der Waals surface area contributed by atoms with E-state index < -0.39 is 6.10 Å². The van der Waals surface area contributed by atoms with E-state index in [1.54, 1.807) is 19.3 Å². The van der Waals surface area contributed by atoms with Crippen LogP contribution in [-0.2, 0) is 4.79 Å². The Labute approximate surface area is 168 Å². The standard InChI is InChI=1S/C23H20N4O2/c1-15-11-12-24-22(13-15)27-23(28)16(2)29-18-9-7-17(8-10-18)21-14-25-19-5-3-4-6-20(19)26-21/h3-14,16H,1-2H3,(H,24,27,28)/t16-/m0/s1. The Hall–Kier alpha value is -3.80. The molecule has 0 aliphatic carbocycles. The lowest BCUT2D eigenvalue weighted by molar-refractivity contribution is -0.122. The second kappa shape index (κ2) is 8.06. The van der Waals surface area contributed by atoms with Crippen molar-refractivity contribution in [2.24, 2.45) is 0 Å². The summed E-state index contributed by atoms with van der Waals surface area (Å²) in [7, 11) is 0. The number of aryl methyl sites for hydroxylation is 1. The van der Waals surface area contributed by atoms with Gasteiger partial charge in [-0.3, -0.25) is 9.78 Å². The highest BCUT2D eigenvalue weighted by molar-refractivity contribution is 5.93. The predicted molar refractivity (Wildman–Crippen MR) is 113 cm³/mol. The Morgan fingerprint density at radius 1 is 1.00 bits per heavy atom. The SMILES string of the molecule is Cc1ccnc(NC(=O)[C@H](C)Oc2ccc(-c3cnc4ccccc4n3)cc2)c1. The molecule has 1 atom stereocenters. The van der Waals surface area contributed by atoms with Crippen LogP contribution in [0.25, 0.3) is 22.3 Å². The van der Waals surface area contributed by atoms with Crippen molar-refractivity contribution in [1.29, 1.82) is 0 Å². The number of fused-ring (bicyclic) bond motifs is 1. The highest BCUT2D eigenvalue weighted by Gasteiger charge is 2.15. The monoisotopic (exact) mass is 384 g/mol. The van der Waals surface area contributed by atoms with Gasteiger partial charge in [-0.2, -0.15) is 0 Å². The van der Waals surface area contributed by atoms with Crippen LogP contribution in [0.5, 0.6) is 5.75 Å². The van der Waals surface area contributed by atoms with Crippen molar-refractivity contribution in [3.05, 3.63) is 78.6 Å². The lowest BCUT2D eigenvalue weighted by atomic mass is 10.1. The molecule has 0 saturated heterocycles. The van der Waals surface area contributed by atoms with Gasteiger partial charge < -0.3 is 10.1 Å². The Morgan fingerprint density at radius 3 is 2.52 bits per heavy atom. The maximum absolute atomic E-state index is 12.3. The lowest BCUT2D eigenvalue weighted by Crippen LogP contribution is -2.30. The van der Waals surface area contributed by atoms with Crippen molar-refractivity contribution in [2.45, 2.75) is 20.0 Å². The molecule has 1 amide bonds. The average molecular weight is 384 g/mol. The lowest BCUT2D eigenvalue weighted by Gasteiger charge is -2.15. The van der Waals surface area contributed by atoms with E-state index in [0.717, 1.165) is 27.9 Å². The largest absolute Gasteiger partial charge is 0.481 e. The molecule has 6 heteroatoms. The molecule has 0 radical (unpaired) electrons. The van der Waals surface area contributed by atoms with E-state index in [2.05, 4.69) is 20.3 Å². The number of carbonyl (C=O) groups is 1. The summed E-state index contributed by atoms with van der Waals surface area (Å²) in [6.45, 7) is 3.65. The van der Waals surface area contributed by atoms with Crippen molar-refractivity contribution < 1.29 is 9.53 Å². The van der Waals surface area contributed by atoms with Crippen LogP contribution in [0.4, 0.5) is 5.82 Å². The van der Waals surface area contributed by atoms with Gasteiger partial charge in [0.2, 0.25) is 0 Å². The third kappa shape index (κ3) is 4.38. The van der Waals surface area contributed by atoms with Gasteiger partial charge in [0.15, 0.2) is 6.10 Å². The van der Waals surface area contributed by atoms with Crippen LogP contribution in [0.1, 0.15) is 12.5 Å². The van der Waals surface area contributed by atoms with Gasteiger partial charge in [0.25, 0.3) is 5.91 Å². The number of rotatable bonds is 5. The zero-order chi connectivity index (χ0) is 20.2. The van der Waals surface area contributed by atoms with Gasteiger partial charge in [0.05, 0.1) is 22.9 Å². The summed E-state index contributed by atoms with van der Waals surface area (Å²) >= 11 is 0. The van der Waals surface area contributed by atoms with Crippen LogP contribution in [0.15, 0.2) is 73.1 Å². The van der Waals surface area contributed by atoms with Crippen LogP contribution >= 0.6 is 0 Å². The van der Waals surface area contributed by atoms with Crippen LogP contribution in [0.2, 0.25) is 0 Å². The fourth-order valence-corrected chi connectivity index (χ4v) is 2.89. The molecule has 0 spiro atoms. The highest BCUT2D eigenvalue weighted by Crippen LogP contribution is 2.23. The van der Waals surface area contributed by atoms with Crippen molar-refractivity contribution >= 4 is 22.8 Å². The van der Waals surface area contributed by atoms with E-state index in [0.29, 0.717) is 11.6 Å². The predicted octanol–water partition coefficient (Wildman–Crippen LogP) is 4.41. The number of amides is 1. The first-order valence-electron chi connectivity index (χ1n) is 9.31. The molecule has 1 N–H and O–H groups in total. The average Bonchev–Trinajstić information content (AvgIpc) is 2.74. The molecule has 2 heterocycles. The molecule has 144 valence electrons. The Kier molecular flexibility index (Phi) is 5.16. The van der Waals surface area contributed by atoms with Crippen molar-refractivity contribution in [2.75, 3.05) is 5.32 Å². The van der Waals surface area contributed by atoms with E-state index in [1.165, 1.54) is 0 Å². The molecule has 0 aliphatic heterocycles. The topological polar surface area (TPSA) is 77.0 Å². The fraction of sp³-hybridized carbons (Fsp3) is 0.130. The Bertz CT molecular complexity index is 1160. The molecule has 6 nitrogen and oxygen atoms in total. The number of hydrogen-bond acceptors (Lipinski definition) is 5. The van der Waals surface area contributed by atoms with Gasteiger partial charge in [0.1, 0.15) is 11.6 Å². The summed E-state index contributed by atoms with van der Waals surface area (Å²) in [5, 5.41) is 2.76. The molecule has 0 saturated carbocycles. The second-order valence-corrected chi connectivity index (χ2v) is 6.74. The van der Waals surface area contributed by atoms with Crippen LogP contribution in [-0.4, -0.2) is 27.0 Å². The summed E-state index contributed by atoms with van der Waals surface area (Å²) in [6, 6.07) is 18.9. The van der Waals surface area contributed by atoms with Gasteiger partial charge in [-0.1, -0.05) is 12.1 Å². The maximum Gasteiger partial charge on any atom is 0.266 e. The highest BCUT2D eigenvalue weighted by atomic mass is 16.5. The minimum atomic E-state index is -0.663. The van der Waals surface area contributed by atoms with E-state index in [4.69, 9.17) is 4.74 Å². The third-order valence-electron chi connectivity index (χ3n) is 4.45. The van der Waals surface area contributed by atoms with E-state index in [9.17, 15) is 4.79 Å². The molecule has 0 bridgehead atoms. The molecule has 4 rings (SSSR count). The number of nitrogens with one attached hydrogen (secondary N) is 1. The van der Waals surface area contributed by atoms with Crippen molar-refractivity contribution in [1.82, 2.24) is 15.0 Å². The number of aromatic nitrogens is 3. The van der Waals surface area contributed by atoms with E-state index >= 15 is 0 Å². The number of nitrogens with zero attached hydrogens (tertiary/aromatic N) is 3. The molecular formula is C23H20N4O2. The first kappa shape index (κ1) is 18.6. The van der Waals surface area contributed by atoms with E-state index in [1.807, 2.05) is 67.6 Å². The summed E-state index contributed by atoms with van der Waals surface area (Å²) in [6.07, 6.45) is 2.75. The molecular weight excluding hydrogens is 364 g/mol. The number of carbonyl (C=O) groups excluding carboxylic acids is 1. The first-order chi connectivity index (χ1) is 14.1. The van der Waals surface area contributed by atoms with Crippen molar-refractivity contribution in [3.8, 4) is 17.0 Å². The summed E-state index contributed by atoms with van der Waals surface area (Å²) < 4.78 is 5.76. The number of benzene rings is 2. The minimum Gasteiger partial charge on any atom is -0.481 e. The van der Waals surface area contributed by atoms with Gasteiger partial charge in [0, 0.05) is 11.8 Å². The van der Waals surface area contributed by atoms with Crippen LogP contribution in [0, 0.1) is 6.92 Å². The molecule has 0 unspecified atom stereocenters. The van der Waals surface area contributed by atoms with Gasteiger partial charge in [-0.25, -0.2) is 9.97 Å². The number of anilines is 1. The van der Waals surface area contributed by atoms with Gasteiger partial charge in [-0.15, -0.1) is 0 Å². The number of ether oxygens (including phenoxy) is 1. The second-order valence-electron chi connectivity index (χ2n) is 6.74. The molecule has 29 heavy (non-hydrogen) atoms. The Morgan fingerprint density at radius 2 is 1.76 bits per heavy atom. The maximum atomic E-state index is 12.3. The quantitative estimate of drug-likeness (QED) is 0.552. The molecule has 2 aromatic carbocycles. The number of hydrogen-bond donors (Lipinski definition) is 1. The van der Waals surface area contributed by atoms with Gasteiger partial charge in [-0.05, 0) is 67.9 Å². The van der Waals surface area contributed by atoms with E-state index in [-0.39, 0.29) is 5.91 Å². The van der Waals surface area contributed by atoms with Gasteiger partial charge >= 0.3 is 0 Å². The summed E-state index contributed by atoms with van der Waals surface area (Å²) in [5.74, 6) is 0.852. The zero-order valence-electron chi connectivity index (χ0n) is 16.2. The fourth-order valence-electron chi connectivity index (χ4n) is 2.89. The zero-order valence-corrected chi connectivity index (χ0v) is 16.2. The molecule has 0 aliphatic rings. The van der Waals surface area contributed by atoms with Crippen molar-refractivity contribution in [3.63, 3.8) is 0 Å². The molecule has 0 fully saturated rings. The smallest absolute Gasteiger partial charge is 0.266 e. The normalized spacial score (nSPS) is 11.8. The minimum absolute atomic E-state index is 0.257. The summed E-state index contributed by atoms with van der Waals surface area (Å²) in [4.78, 5) is 25.6. The molecule has 4 aromatic rings. The number of para-hydroxylation sites is 2. The van der Waals surface area contributed by atoms with Crippen LogP contribution in [0.3, 0.4) is 0 Å². The molecule has 2 aromatic heterocycles. The van der Waals surface area contributed by atoms with Crippen LogP contribution < -0.4 is 10.1 Å². The number of pyridine rings is 1. The third-order valence-corrected chi connectivity index (χ3v) is 4.45. The Balaban J connectivity index is 1.43. The first-order valence-corrected chi connectivity index (χ1v) is 9.31.